The second-order valence-electron chi connectivity index (χ2n) is 17.6. The van der Waals surface area contributed by atoms with Gasteiger partial charge in [0.15, 0.2) is 0 Å². The number of ether oxygens (including phenoxy) is 18. The highest BCUT2D eigenvalue weighted by molar-refractivity contribution is 5.67. The summed E-state index contributed by atoms with van der Waals surface area (Å²) < 4.78 is 99.6. The Kier molecular flexibility index (Phi) is 63.2. The molecule has 0 radical (unpaired) electrons. The Morgan fingerprint density at radius 3 is 0.585 bits per heavy atom. The van der Waals surface area contributed by atoms with Crippen molar-refractivity contribution in [3.05, 3.63) is 0 Å². The van der Waals surface area contributed by atoms with Crippen LogP contribution in [0.2, 0.25) is 0 Å². The van der Waals surface area contributed by atoms with Crippen LogP contribution in [-0.4, -0.2) is 342 Å². The number of aliphatic carboxylic acids is 4. The Morgan fingerprint density at radius 2 is 0.402 bits per heavy atom. The lowest BCUT2D eigenvalue weighted by atomic mass is 10.3. The first kappa shape index (κ1) is 79.0. The molecule has 0 fully saturated rings. The highest BCUT2D eigenvalue weighted by Gasteiger charge is 2.10. The zero-order valence-corrected chi connectivity index (χ0v) is 48.6. The first-order valence-electron chi connectivity index (χ1n) is 28.5. The van der Waals surface area contributed by atoms with Crippen LogP contribution >= 0.6 is 0 Å². The maximum atomic E-state index is 10.6. The van der Waals surface area contributed by atoms with E-state index >= 15 is 0 Å². The molecule has 0 unspecified atom stereocenters. The second-order valence-corrected chi connectivity index (χ2v) is 17.6. The fourth-order valence-electron chi connectivity index (χ4n) is 6.40. The van der Waals surface area contributed by atoms with Crippen molar-refractivity contribution in [1.82, 2.24) is 9.80 Å². The van der Waals surface area contributed by atoms with Gasteiger partial charge in [-0.1, -0.05) is 0 Å². The van der Waals surface area contributed by atoms with E-state index in [0.717, 1.165) is 13.1 Å². The van der Waals surface area contributed by atoms with Gasteiger partial charge in [0.25, 0.3) is 0 Å². The molecule has 29 nitrogen and oxygen atoms in total. The predicted molar refractivity (Wildman–Crippen MR) is 292 cm³/mol. The van der Waals surface area contributed by atoms with E-state index in [1.807, 2.05) is 0 Å². The summed E-state index contributed by atoms with van der Waals surface area (Å²) in [6.45, 7) is 16.8. The van der Waals surface area contributed by atoms with Gasteiger partial charge in [-0.2, -0.15) is 0 Å². The van der Waals surface area contributed by atoms with Crippen LogP contribution in [0.5, 0.6) is 0 Å². The number of rotatable bonds is 72. The third kappa shape index (κ3) is 67.8. The van der Waals surface area contributed by atoms with Gasteiger partial charge in [-0.3, -0.25) is 29.0 Å². The summed E-state index contributed by atoms with van der Waals surface area (Å²) >= 11 is 0. The number of hydrogen-bond acceptors (Lipinski definition) is 25. The van der Waals surface area contributed by atoms with Crippen molar-refractivity contribution in [1.29, 1.82) is 0 Å². The molecular formula is C53H102N2O27. The van der Waals surface area contributed by atoms with E-state index in [9.17, 15) is 24.3 Å². The molecular weight excluding hydrogens is 1100 g/mol. The van der Waals surface area contributed by atoms with Gasteiger partial charge in [0.05, 0.1) is 250 Å². The lowest BCUT2D eigenvalue weighted by Gasteiger charge is -2.23. The van der Waals surface area contributed by atoms with Gasteiger partial charge in [-0.15, -0.1) is 0 Å². The van der Waals surface area contributed by atoms with Crippen molar-refractivity contribution in [2.45, 2.75) is 44.6 Å². The molecule has 0 aromatic rings. The van der Waals surface area contributed by atoms with Crippen LogP contribution in [0.25, 0.3) is 0 Å². The molecule has 5 N–H and O–H groups in total. The molecule has 0 aromatic heterocycles. The van der Waals surface area contributed by atoms with Crippen LogP contribution in [0, 0.1) is 0 Å². The van der Waals surface area contributed by atoms with Crippen LogP contribution in [0.3, 0.4) is 0 Å². The molecule has 29 heteroatoms. The Balaban J connectivity index is 4.58. The minimum atomic E-state index is -0.904. The van der Waals surface area contributed by atoms with Crippen molar-refractivity contribution in [3.8, 4) is 0 Å². The fourth-order valence-corrected chi connectivity index (χ4v) is 6.40. The van der Waals surface area contributed by atoms with Gasteiger partial charge in [0.1, 0.15) is 6.10 Å². The van der Waals surface area contributed by atoms with Crippen molar-refractivity contribution < 1.29 is 130 Å². The smallest absolute Gasteiger partial charge is 0.305 e. The van der Waals surface area contributed by atoms with Crippen LogP contribution in [-0.2, 0) is 104 Å². The number of aliphatic hydroxyl groups is 1. The van der Waals surface area contributed by atoms with Crippen LogP contribution in [0.4, 0.5) is 0 Å². The van der Waals surface area contributed by atoms with Gasteiger partial charge >= 0.3 is 23.9 Å². The van der Waals surface area contributed by atoms with Crippen molar-refractivity contribution in [3.63, 3.8) is 0 Å². The van der Waals surface area contributed by atoms with Gasteiger partial charge < -0.3 is 111 Å². The summed E-state index contributed by atoms with van der Waals surface area (Å²) in [5, 5.41) is 45.2. The zero-order chi connectivity index (χ0) is 59.7. The average Bonchev–Trinajstić information content (AvgIpc) is 3.44. The summed E-state index contributed by atoms with van der Waals surface area (Å²) in [5.41, 5.74) is 0. The molecule has 82 heavy (non-hydrogen) atoms. The maximum Gasteiger partial charge on any atom is 0.305 e. The van der Waals surface area contributed by atoms with E-state index < -0.39 is 30.0 Å². The lowest BCUT2D eigenvalue weighted by molar-refractivity contribution is -0.139. The minimum absolute atomic E-state index is 0.0426. The lowest BCUT2D eigenvalue weighted by Crippen LogP contribution is -2.33. The molecule has 0 saturated carbocycles. The molecule has 0 aliphatic heterocycles. The van der Waals surface area contributed by atoms with Crippen LogP contribution < -0.4 is 0 Å². The number of nitrogens with zero attached hydrogens (tertiary/aromatic N) is 2. The maximum absolute atomic E-state index is 10.6. The standard InChI is InChI=1S/C53H102N2O27/c56-49(47-81-13-1-7-54(9-19-69-27-35-77-43-39-73-31-23-65-15-3-50(57)58)10-20-70-28-36-78-44-40-74-32-24-66-16-4-51(59)60)48-82-14-2-8-55(11-21-71-29-37-79-45-41-75-33-25-67-17-5-52(61)62)12-22-72-30-38-80-46-42-76-34-26-68-18-6-53(63)64/h49,56H,1-48H2,(H,57,58)(H,59,60)(H,61,62)(H,63,64). The Labute approximate surface area is 484 Å². The number of hydrogen-bond donors (Lipinski definition) is 5. The molecule has 0 aromatic carbocycles. The normalized spacial score (nSPS) is 11.8. The molecule has 0 heterocycles. The van der Waals surface area contributed by atoms with E-state index in [1.54, 1.807) is 0 Å². The van der Waals surface area contributed by atoms with Gasteiger partial charge in [-0.05, 0) is 12.8 Å². The van der Waals surface area contributed by atoms with E-state index in [1.165, 1.54) is 0 Å². The van der Waals surface area contributed by atoms with Crippen molar-refractivity contribution >= 4 is 23.9 Å². The fraction of sp³-hybridized carbons (Fsp3) is 0.925. The SMILES string of the molecule is O=C(O)CCOCCOCCOCCOCCN(CCCOCC(O)COCCCN(CCOCCOCCOCCOCCC(=O)O)CCOCCOCCOCCOCCC(=O)O)CCOCCOCCOCCOCCC(=O)O. The number of carbonyl (C=O) groups is 4. The monoisotopic (exact) mass is 1200 g/mol. The molecule has 0 spiro atoms. The third-order valence-electron chi connectivity index (χ3n) is 10.7. The summed E-state index contributed by atoms with van der Waals surface area (Å²) in [6.07, 6.45) is 0.475. The summed E-state index contributed by atoms with van der Waals surface area (Å²) in [4.78, 5) is 46.6. The second kappa shape index (κ2) is 65.6. The topological polar surface area (TPSA) is 342 Å². The minimum Gasteiger partial charge on any atom is -0.481 e. The Morgan fingerprint density at radius 1 is 0.232 bits per heavy atom. The summed E-state index contributed by atoms with van der Waals surface area (Å²) in [5.74, 6) is -3.62. The predicted octanol–water partition coefficient (Wildman–Crippen LogP) is -0.0709. The van der Waals surface area contributed by atoms with E-state index in [4.69, 9.17) is 106 Å². The molecule has 0 saturated heterocycles. The summed E-state index contributed by atoms with van der Waals surface area (Å²) in [6, 6.07) is 0. The van der Waals surface area contributed by atoms with Gasteiger partial charge in [-0.25, -0.2) is 0 Å². The number of carboxylic acid groups (broad SMARTS) is 4. The Hall–Kier alpha value is -2.96. The molecule has 486 valence electrons. The largest absolute Gasteiger partial charge is 0.481 e. The van der Waals surface area contributed by atoms with Crippen molar-refractivity contribution in [2.75, 3.05) is 277 Å². The quantitative estimate of drug-likeness (QED) is 0.0498. The first-order chi connectivity index (χ1) is 40.1. The zero-order valence-electron chi connectivity index (χ0n) is 48.6. The average molecular weight is 1200 g/mol. The molecule has 0 aliphatic carbocycles. The van der Waals surface area contributed by atoms with Gasteiger partial charge in [0.2, 0.25) is 0 Å². The van der Waals surface area contributed by atoms with Gasteiger partial charge in [0, 0.05) is 52.5 Å². The first-order valence-corrected chi connectivity index (χ1v) is 28.5. The highest BCUT2D eigenvalue weighted by atomic mass is 16.6. The van der Waals surface area contributed by atoms with Crippen LogP contribution in [0.15, 0.2) is 0 Å². The molecule has 0 rings (SSSR count). The van der Waals surface area contributed by atoms with E-state index in [2.05, 4.69) is 9.80 Å². The molecule has 0 bridgehead atoms. The van der Waals surface area contributed by atoms with Crippen molar-refractivity contribution in [2.24, 2.45) is 0 Å². The molecule has 0 amide bonds. The van der Waals surface area contributed by atoms with Crippen LogP contribution in [0.1, 0.15) is 38.5 Å². The third-order valence-corrected chi connectivity index (χ3v) is 10.7. The molecule has 0 atom stereocenters. The Bertz CT molecular complexity index is 1200. The number of aliphatic hydroxyl groups excluding tert-OH is 1. The molecule has 0 aliphatic rings. The highest BCUT2D eigenvalue weighted by Crippen LogP contribution is 2.00. The van der Waals surface area contributed by atoms with E-state index in [0.29, 0.717) is 237 Å². The van der Waals surface area contributed by atoms with E-state index in [-0.39, 0.29) is 65.3 Å². The summed E-state index contributed by atoms with van der Waals surface area (Å²) in [7, 11) is 0. The number of carboxylic acids is 4.